The highest BCUT2D eigenvalue weighted by atomic mass is 127. The Morgan fingerprint density at radius 3 is 2.55 bits per heavy atom. The molecule has 0 aromatic heterocycles. The number of nitrogens with one attached hydrogen (secondary N) is 2. The molecule has 1 aromatic rings. The summed E-state index contributed by atoms with van der Waals surface area (Å²) in [5.41, 5.74) is 2.52. The molecule has 0 spiro atoms. The van der Waals surface area contributed by atoms with E-state index in [0.717, 1.165) is 62.9 Å². The van der Waals surface area contributed by atoms with Gasteiger partial charge in [0.2, 0.25) is 5.91 Å². The third-order valence-corrected chi connectivity index (χ3v) is 5.65. The van der Waals surface area contributed by atoms with E-state index in [2.05, 4.69) is 29.7 Å². The molecular formula is C22H35IN4O2. The normalized spacial score (nSPS) is 17.8. The Balaban J connectivity index is 0.00000300. The van der Waals surface area contributed by atoms with E-state index >= 15 is 0 Å². The number of rotatable bonds is 10. The lowest BCUT2D eigenvalue weighted by Gasteiger charge is -2.18. The van der Waals surface area contributed by atoms with Crippen LogP contribution in [0.4, 0.5) is 5.69 Å². The molecule has 29 heavy (non-hydrogen) atoms. The van der Waals surface area contributed by atoms with Gasteiger partial charge >= 0.3 is 0 Å². The fraction of sp³-hybridized carbons (Fsp3) is 0.636. The van der Waals surface area contributed by atoms with Crippen molar-refractivity contribution >= 4 is 41.5 Å². The maximum Gasteiger partial charge on any atom is 0.227 e. The van der Waals surface area contributed by atoms with E-state index in [4.69, 9.17) is 9.73 Å². The SMILES string of the molecule is CCNC(=NCc1ccc(N2CCCC2=O)cc1)NCC1(CCOCC)CC1.I. The van der Waals surface area contributed by atoms with Crippen molar-refractivity contribution in [2.75, 3.05) is 37.7 Å². The minimum absolute atomic E-state index is 0. The van der Waals surface area contributed by atoms with E-state index in [0.29, 0.717) is 18.4 Å². The Bertz CT molecular complexity index is 674. The van der Waals surface area contributed by atoms with E-state index < -0.39 is 0 Å². The molecule has 0 radical (unpaired) electrons. The molecule has 7 heteroatoms. The summed E-state index contributed by atoms with van der Waals surface area (Å²) in [6.45, 7) is 9.00. The van der Waals surface area contributed by atoms with Crippen LogP contribution in [0.1, 0.15) is 51.5 Å². The molecule has 1 saturated heterocycles. The molecule has 1 saturated carbocycles. The molecule has 2 N–H and O–H groups in total. The van der Waals surface area contributed by atoms with Gasteiger partial charge in [0.05, 0.1) is 6.54 Å². The van der Waals surface area contributed by atoms with Crippen LogP contribution >= 0.6 is 24.0 Å². The van der Waals surface area contributed by atoms with E-state index in [-0.39, 0.29) is 29.9 Å². The highest BCUT2D eigenvalue weighted by molar-refractivity contribution is 14.0. The largest absolute Gasteiger partial charge is 0.382 e. The zero-order valence-corrected chi connectivity index (χ0v) is 20.0. The summed E-state index contributed by atoms with van der Waals surface area (Å²) < 4.78 is 5.52. The molecular weight excluding hydrogens is 479 g/mol. The number of halogens is 1. The van der Waals surface area contributed by atoms with Gasteiger partial charge in [0.25, 0.3) is 0 Å². The van der Waals surface area contributed by atoms with Gasteiger partial charge in [-0.15, -0.1) is 24.0 Å². The van der Waals surface area contributed by atoms with Crippen LogP contribution in [-0.2, 0) is 16.1 Å². The summed E-state index contributed by atoms with van der Waals surface area (Å²) in [6.07, 6.45) is 5.26. The van der Waals surface area contributed by atoms with Crippen LogP contribution in [0.15, 0.2) is 29.3 Å². The van der Waals surface area contributed by atoms with E-state index in [1.165, 1.54) is 12.8 Å². The van der Waals surface area contributed by atoms with Crippen LogP contribution in [0.25, 0.3) is 0 Å². The zero-order valence-electron chi connectivity index (χ0n) is 17.7. The van der Waals surface area contributed by atoms with Gasteiger partial charge in [-0.2, -0.15) is 0 Å². The first-order chi connectivity index (χ1) is 13.7. The van der Waals surface area contributed by atoms with Gasteiger partial charge in [-0.3, -0.25) is 4.79 Å². The number of carbonyl (C=O) groups excluding carboxylic acids is 1. The van der Waals surface area contributed by atoms with Gasteiger partial charge in [-0.25, -0.2) is 4.99 Å². The van der Waals surface area contributed by atoms with Crippen molar-refractivity contribution < 1.29 is 9.53 Å². The minimum atomic E-state index is 0. The molecule has 0 atom stereocenters. The smallest absolute Gasteiger partial charge is 0.227 e. The van der Waals surface area contributed by atoms with Gasteiger partial charge in [0.1, 0.15) is 0 Å². The first kappa shape index (κ1) is 23.9. The molecule has 0 bridgehead atoms. The number of hydrogen-bond donors (Lipinski definition) is 2. The lowest BCUT2D eigenvalue weighted by molar-refractivity contribution is -0.117. The molecule has 1 aliphatic carbocycles. The third kappa shape index (κ3) is 7.13. The van der Waals surface area contributed by atoms with Crippen molar-refractivity contribution in [3.05, 3.63) is 29.8 Å². The number of nitrogens with zero attached hydrogens (tertiary/aromatic N) is 2. The van der Waals surface area contributed by atoms with Gasteiger partial charge in [0.15, 0.2) is 5.96 Å². The third-order valence-electron chi connectivity index (χ3n) is 5.65. The van der Waals surface area contributed by atoms with E-state index in [1.54, 1.807) is 0 Å². The zero-order chi connectivity index (χ0) is 19.8. The van der Waals surface area contributed by atoms with Gasteiger partial charge in [-0.05, 0) is 62.6 Å². The van der Waals surface area contributed by atoms with Crippen LogP contribution in [0.5, 0.6) is 0 Å². The topological polar surface area (TPSA) is 66.0 Å². The summed E-state index contributed by atoms with van der Waals surface area (Å²) in [5, 5.41) is 6.85. The average Bonchev–Trinajstić information content (AvgIpc) is 3.35. The molecule has 1 heterocycles. The van der Waals surface area contributed by atoms with Crippen molar-refractivity contribution in [2.24, 2.45) is 10.4 Å². The Hall–Kier alpha value is -1.35. The summed E-state index contributed by atoms with van der Waals surface area (Å²) in [6, 6.07) is 8.19. The number of carbonyl (C=O) groups is 1. The Labute approximate surface area is 191 Å². The number of hydrogen-bond acceptors (Lipinski definition) is 3. The molecule has 2 aliphatic rings. The number of aliphatic imine (C=N–C) groups is 1. The van der Waals surface area contributed by atoms with Crippen LogP contribution < -0.4 is 15.5 Å². The summed E-state index contributed by atoms with van der Waals surface area (Å²) >= 11 is 0. The lowest BCUT2D eigenvalue weighted by atomic mass is 10.0. The highest BCUT2D eigenvalue weighted by Gasteiger charge is 2.41. The molecule has 1 aliphatic heterocycles. The monoisotopic (exact) mass is 514 g/mol. The number of benzene rings is 1. The molecule has 1 aromatic carbocycles. The van der Waals surface area contributed by atoms with Crippen molar-refractivity contribution in [3.8, 4) is 0 Å². The molecule has 1 amide bonds. The predicted molar refractivity (Wildman–Crippen MR) is 129 cm³/mol. The van der Waals surface area contributed by atoms with E-state index in [9.17, 15) is 4.79 Å². The number of amides is 1. The number of ether oxygens (including phenoxy) is 1. The second-order valence-electron chi connectivity index (χ2n) is 7.81. The second-order valence-corrected chi connectivity index (χ2v) is 7.81. The summed E-state index contributed by atoms with van der Waals surface area (Å²) in [7, 11) is 0. The van der Waals surface area contributed by atoms with E-state index in [1.807, 2.05) is 24.0 Å². The van der Waals surface area contributed by atoms with Crippen LogP contribution in [0, 0.1) is 5.41 Å². The minimum Gasteiger partial charge on any atom is -0.382 e. The fourth-order valence-corrected chi connectivity index (χ4v) is 3.61. The maximum absolute atomic E-state index is 11.9. The number of anilines is 1. The Kier molecular flexibility index (Phi) is 9.68. The molecule has 2 fully saturated rings. The fourth-order valence-electron chi connectivity index (χ4n) is 3.61. The second kappa shape index (κ2) is 11.7. The van der Waals surface area contributed by atoms with Crippen molar-refractivity contribution in [2.45, 2.75) is 52.5 Å². The Morgan fingerprint density at radius 1 is 1.21 bits per heavy atom. The highest BCUT2D eigenvalue weighted by Crippen LogP contribution is 2.48. The standard InChI is InChI=1S/C22H34N4O2.HI/c1-3-23-21(25-17-22(11-12-22)13-15-28-4-2)24-16-18-7-9-19(10-8-18)26-14-5-6-20(26)27;/h7-10H,3-6,11-17H2,1-2H3,(H2,23,24,25);1H. The van der Waals surface area contributed by atoms with Gasteiger partial charge in [-0.1, -0.05) is 12.1 Å². The lowest BCUT2D eigenvalue weighted by Crippen LogP contribution is -2.40. The molecule has 6 nitrogen and oxygen atoms in total. The molecule has 162 valence electrons. The maximum atomic E-state index is 11.9. The van der Waals surface area contributed by atoms with Crippen LogP contribution in [0.2, 0.25) is 0 Å². The van der Waals surface area contributed by atoms with Gasteiger partial charge in [0, 0.05) is 45.0 Å². The van der Waals surface area contributed by atoms with Crippen molar-refractivity contribution in [1.82, 2.24) is 10.6 Å². The first-order valence-electron chi connectivity index (χ1n) is 10.6. The summed E-state index contributed by atoms with van der Waals surface area (Å²) in [5.74, 6) is 1.09. The van der Waals surface area contributed by atoms with Crippen LogP contribution in [0.3, 0.4) is 0 Å². The quantitative estimate of drug-likeness (QED) is 0.216. The van der Waals surface area contributed by atoms with Crippen molar-refractivity contribution in [3.63, 3.8) is 0 Å². The summed E-state index contributed by atoms with van der Waals surface area (Å²) in [4.78, 5) is 18.5. The van der Waals surface area contributed by atoms with Crippen molar-refractivity contribution in [1.29, 1.82) is 0 Å². The first-order valence-corrected chi connectivity index (χ1v) is 10.6. The predicted octanol–water partition coefficient (Wildman–Crippen LogP) is 3.69. The van der Waals surface area contributed by atoms with Crippen LogP contribution in [-0.4, -0.2) is 44.7 Å². The number of guanidine groups is 1. The molecule has 0 unspecified atom stereocenters. The van der Waals surface area contributed by atoms with Gasteiger partial charge < -0.3 is 20.3 Å². The average molecular weight is 514 g/mol. The Morgan fingerprint density at radius 2 is 1.97 bits per heavy atom. The molecule has 3 rings (SSSR count).